The average Bonchev–Trinajstić information content (AvgIpc) is 2.81. The lowest BCUT2D eigenvalue weighted by Crippen LogP contribution is -2.33. The van der Waals surface area contributed by atoms with E-state index in [0.717, 1.165) is 4.47 Å². The molecule has 3 rings (SSSR count). The van der Waals surface area contributed by atoms with Gasteiger partial charge in [0.25, 0.3) is 5.91 Å². The van der Waals surface area contributed by atoms with Gasteiger partial charge in [0, 0.05) is 4.47 Å². The lowest BCUT2D eigenvalue weighted by Gasteiger charge is -2.13. The summed E-state index contributed by atoms with van der Waals surface area (Å²) in [5, 5.41) is 3.96. The molecule has 0 spiro atoms. The first-order valence-corrected chi connectivity index (χ1v) is 10.5. The highest BCUT2D eigenvalue weighted by Gasteiger charge is 2.14. The summed E-state index contributed by atoms with van der Waals surface area (Å²) < 4.78 is 17.2. The zero-order chi connectivity index (χ0) is 22.9. The number of nitrogens with one attached hydrogen (secondary N) is 1. The number of hydrazone groups is 1. The van der Waals surface area contributed by atoms with Gasteiger partial charge < -0.3 is 14.2 Å². The Balaban J connectivity index is 1.58. The van der Waals surface area contributed by atoms with Crippen LogP contribution < -0.4 is 19.6 Å². The van der Waals surface area contributed by atoms with Crippen molar-refractivity contribution in [3.63, 3.8) is 0 Å². The van der Waals surface area contributed by atoms with Crippen molar-refractivity contribution in [2.24, 2.45) is 5.10 Å². The van der Waals surface area contributed by atoms with Gasteiger partial charge in [0.1, 0.15) is 5.75 Å². The number of hydrogen-bond donors (Lipinski definition) is 1. The van der Waals surface area contributed by atoms with Gasteiger partial charge in [0.2, 0.25) is 0 Å². The van der Waals surface area contributed by atoms with Gasteiger partial charge in [-0.2, -0.15) is 5.10 Å². The van der Waals surface area contributed by atoms with Crippen molar-refractivity contribution in [3.05, 3.63) is 88.4 Å². The van der Waals surface area contributed by atoms with E-state index >= 15 is 0 Å². The number of carbonyl (C=O) groups is 2. The van der Waals surface area contributed by atoms with Crippen molar-refractivity contribution in [2.45, 2.75) is 13.0 Å². The summed E-state index contributed by atoms with van der Waals surface area (Å²) in [5.74, 6) is 0.322. The monoisotopic (exact) mass is 496 g/mol. The Morgan fingerprint density at radius 1 is 1.00 bits per heavy atom. The summed E-state index contributed by atoms with van der Waals surface area (Å²) in [5.41, 5.74) is 3.51. The van der Waals surface area contributed by atoms with Gasteiger partial charge in [0.15, 0.2) is 17.6 Å². The molecule has 0 bridgehead atoms. The molecule has 1 amide bonds. The summed E-state index contributed by atoms with van der Waals surface area (Å²) in [7, 11) is 1.47. The van der Waals surface area contributed by atoms with Crippen LogP contribution in [0.25, 0.3) is 0 Å². The highest BCUT2D eigenvalue weighted by Crippen LogP contribution is 2.28. The quantitative estimate of drug-likeness (QED) is 0.213. The molecule has 0 saturated heterocycles. The van der Waals surface area contributed by atoms with E-state index in [9.17, 15) is 9.59 Å². The molecule has 0 unspecified atom stereocenters. The number of esters is 1. The first kappa shape index (κ1) is 23.0. The molecular weight excluding hydrogens is 476 g/mol. The Labute approximate surface area is 194 Å². The van der Waals surface area contributed by atoms with E-state index in [1.54, 1.807) is 61.5 Å². The van der Waals surface area contributed by atoms with E-state index in [1.807, 2.05) is 18.2 Å². The van der Waals surface area contributed by atoms with E-state index in [1.165, 1.54) is 13.3 Å². The lowest BCUT2D eigenvalue weighted by atomic mass is 10.2. The molecule has 164 valence electrons. The predicted octanol–water partition coefficient (Wildman–Crippen LogP) is 4.59. The molecule has 3 aromatic rings. The molecular formula is C24H21BrN2O5. The largest absolute Gasteiger partial charge is 0.493 e. The molecule has 1 atom stereocenters. The maximum atomic E-state index is 12.3. The third kappa shape index (κ3) is 6.42. The molecule has 1 N–H and O–H groups in total. The zero-order valence-corrected chi connectivity index (χ0v) is 19.0. The Bertz CT molecular complexity index is 1100. The van der Waals surface area contributed by atoms with Crippen LogP contribution in [0.5, 0.6) is 17.2 Å². The minimum atomic E-state index is -0.734. The second kappa shape index (κ2) is 11.1. The fourth-order valence-corrected chi connectivity index (χ4v) is 2.88. The Morgan fingerprint density at radius 2 is 1.72 bits per heavy atom. The molecule has 0 fully saturated rings. The average molecular weight is 497 g/mol. The fourth-order valence-electron chi connectivity index (χ4n) is 2.61. The van der Waals surface area contributed by atoms with Crippen LogP contribution >= 0.6 is 15.9 Å². The van der Waals surface area contributed by atoms with Crippen molar-refractivity contribution in [3.8, 4) is 17.2 Å². The van der Waals surface area contributed by atoms with E-state index in [-0.39, 0.29) is 5.75 Å². The third-order valence-corrected chi connectivity index (χ3v) is 4.81. The number of benzene rings is 3. The second-order valence-corrected chi connectivity index (χ2v) is 7.53. The standard InChI is InChI=1S/C24H21BrN2O5/c1-16(31-20-11-9-19(25)10-12-20)23(28)27-26-15-17-8-13-21(22(14-17)30-2)32-24(29)18-6-4-3-5-7-18/h3-16H,1-2H3,(H,27,28)/b26-15-/t16-/m1/s1. The summed E-state index contributed by atoms with van der Waals surface area (Å²) in [6.07, 6.45) is 0.720. The molecule has 7 nitrogen and oxygen atoms in total. The Hall–Kier alpha value is -3.65. The van der Waals surface area contributed by atoms with Gasteiger partial charge in [0.05, 0.1) is 18.9 Å². The molecule has 32 heavy (non-hydrogen) atoms. The second-order valence-electron chi connectivity index (χ2n) is 6.61. The molecule has 3 aromatic carbocycles. The molecule has 0 saturated carbocycles. The third-order valence-electron chi connectivity index (χ3n) is 4.28. The Kier molecular flexibility index (Phi) is 7.99. The van der Waals surface area contributed by atoms with E-state index < -0.39 is 18.0 Å². The van der Waals surface area contributed by atoms with Gasteiger partial charge >= 0.3 is 5.97 Å². The SMILES string of the molecule is COc1cc(/C=N\NC(=O)[C@@H](C)Oc2ccc(Br)cc2)ccc1OC(=O)c1ccccc1. The lowest BCUT2D eigenvalue weighted by molar-refractivity contribution is -0.127. The van der Waals surface area contributed by atoms with Gasteiger partial charge in [-0.05, 0) is 67.1 Å². The maximum Gasteiger partial charge on any atom is 0.343 e. The normalized spacial score (nSPS) is 11.6. The van der Waals surface area contributed by atoms with Gasteiger partial charge in [-0.25, -0.2) is 10.2 Å². The predicted molar refractivity (Wildman–Crippen MR) is 124 cm³/mol. The minimum Gasteiger partial charge on any atom is -0.493 e. The van der Waals surface area contributed by atoms with E-state index in [0.29, 0.717) is 22.6 Å². The summed E-state index contributed by atoms with van der Waals surface area (Å²) >= 11 is 3.35. The first-order chi connectivity index (χ1) is 15.5. The summed E-state index contributed by atoms with van der Waals surface area (Å²) in [6.45, 7) is 1.63. The van der Waals surface area contributed by atoms with Crippen LogP contribution in [-0.4, -0.2) is 31.3 Å². The van der Waals surface area contributed by atoms with Crippen LogP contribution in [0, 0.1) is 0 Å². The van der Waals surface area contributed by atoms with Gasteiger partial charge in [-0.3, -0.25) is 4.79 Å². The molecule has 0 aliphatic carbocycles. The summed E-state index contributed by atoms with van der Waals surface area (Å²) in [6, 6.07) is 20.8. The van der Waals surface area contributed by atoms with Crippen molar-refractivity contribution in [1.82, 2.24) is 5.43 Å². The van der Waals surface area contributed by atoms with E-state index in [2.05, 4.69) is 26.5 Å². The number of nitrogens with zero attached hydrogens (tertiary/aromatic N) is 1. The number of ether oxygens (including phenoxy) is 3. The number of carbonyl (C=O) groups excluding carboxylic acids is 2. The van der Waals surface area contributed by atoms with Crippen molar-refractivity contribution < 1.29 is 23.8 Å². The van der Waals surface area contributed by atoms with Crippen LogP contribution in [0.15, 0.2) is 82.4 Å². The molecule has 0 aliphatic rings. The first-order valence-electron chi connectivity index (χ1n) is 9.66. The van der Waals surface area contributed by atoms with Crippen LogP contribution in [0.3, 0.4) is 0 Å². The molecule has 0 radical (unpaired) electrons. The van der Waals surface area contributed by atoms with Crippen molar-refractivity contribution >= 4 is 34.0 Å². The topological polar surface area (TPSA) is 86.2 Å². The van der Waals surface area contributed by atoms with Crippen LogP contribution in [0.2, 0.25) is 0 Å². The molecule has 0 heterocycles. The van der Waals surface area contributed by atoms with Gasteiger partial charge in [-0.1, -0.05) is 34.1 Å². The number of amides is 1. The zero-order valence-electron chi connectivity index (χ0n) is 17.4. The summed E-state index contributed by atoms with van der Waals surface area (Å²) in [4.78, 5) is 24.5. The number of hydrogen-bond acceptors (Lipinski definition) is 6. The smallest absolute Gasteiger partial charge is 0.343 e. The fraction of sp³-hybridized carbons (Fsp3) is 0.125. The van der Waals surface area contributed by atoms with Crippen molar-refractivity contribution in [2.75, 3.05) is 7.11 Å². The van der Waals surface area contributed by atoms with Crippen LogP contribution in [0.4, 0.5) is 0 Å². The maximum absolute atomic E-state index is 12.3. The number of halogens is 1. The highest BCUT2D eigenvalue weighted by molar-refractivity contribution is 9.10. The molecule has 8 heteroatoms. The number of rotatable bonds is 8. The molecule has 0 aromatic heterocycles. The van der Waals surface area contributed by atoms with Crippen LogP contribution in [0.1, 0.15) is 22.8 Å². The Morgan fingerprint density at radius 3 is 2.41 bits per heavy atom. The molecule has 0 aliphatic heterocycles. The minimum absolute atomic E-state index is 0.277. The van der Waals surface area contributed by atoms with Crippen molar-refractivity contribution in [1.29, 1.82) is 0 Å². The van der Waals surface area contributed by atoms with Gasteiger partial charge in [-0.15, -0.1) is 0 Å². The highest BCUT2D eigenvalue weighted by atomic mass is 79.9. The van der Waals surface area contributed by atoms with Crippen LogP contribution in [-0.2, 0) is 4.79 Å². The number of methoxy groups -OCH3 is 1. The van der Waals surface area contributed by atoms with E-state index in [4.69, 9.17) is 14.2 Å².